The lowest BCUT2D eigenvalue weighted by atomic mass is 10.2. The second-order valence-corrected chi connectivity index (χ2v) is 7.81. The van der Waals surface area contributed by atoms with Crippen LogP contribution in [0.25, 0.3) is 10.1 Å². The SMILES string of the molecule is COc1ccc(Br)cc1CNC(=O)CCCn1sc2ccccc2c1=O. The van der Waals surface area contributed by atoms with Crippen molar-refractivity contribution < 1.29 is 9.53 Å². The zero-order chi connectivity index (χ0) is 18.5. The molecule has 0 saturated carbocycles. The number of carbonyl (C=O) groups is 1. The van der Waals surface area contributed by atoms with Crippen LogP contribution in [0.5, 0.6) is 5.75 Å². The number of hydrogen-bond acceptors (Lipinski definition) is 4. The van der Waals surface area contributed by atoms with E-state index in [0.29, 0.717) is 25.9 Å². The largest absolute Gasteiger partial charge is 0.496 e. The van der Waals surface area contributed by atoms with E-state index in [2.05, 4.69) is 21.2 Å². The van der Waals surface area contributed by atoms with Crippen LogP contribution >= 0.6 is 27.5 Å². The van der Waals surface area contributed by atoms with Crippen molar-refractivity contribution in [2.24, 2.45) is 0 Å². The molecule has 0 bridgehead atoms. The smallest absolute Gasteiger partial charge is 0.268 e. The molecule has 2 aromatic carbocycles. The van der Waals surface area contributed by atoms with E-state index in [-0.39, 0.29) is 11.5 Å². The van der Waals surface area contributed by atoms with Gasteiger partial charge in [-0.2, -0.15) is 0 Å². The molecule has 0 aliphatic rings. The highest BCUT2D eigenvalue weighted by atomic mass is 79.9. The number of fused-ring (bicyclic) bond motifs is 1. The third-order valence-electron chi connectivity index (χ3n) is 4.04. The van der Waals surface area contributed by atoms with Gasteiger partial charge < -0.3 is 10.1 Å². The number of nitrogens with one attached hydrogen (secondary N) is 1. The Morgan fingerprint density at radius 1 is 1.27 bits per heavy atom. The predicted molar refractivity (Wildman–Crippen MR) is 108 cm³/mol. The maximum absolute atomic E-state index is 12.3. The molecule has 0 radical (unpaired) electrons. The molecule has 7 heteroatoms. The molecule has 26 heavy (non-hydrogen) atoms. The van der Waals surface area contributed by atoms with Crippen LogP contribution in [0.4, 0.5) is 0 Å². The summed E-state index contributed by atoms with van der Waals surface area (Å²) in [4.78, 5) is 24.4. The van der Waals surface area contributed by atoms with Gasteiger partial charge in [-0.05, 0) is 36.8 Å². The molecule has 0 aliphatic heterocycles. The quantitative estimate of drug-likeness (QED) is 0.612. The van der Waals surface area contributed by atoms with E-state index in [1.807, 2.05) is 42.5 Å². The summed E-state index contributed by atoms with van der Waals surface area (Å²) in [6, 6.07) is 13.2. The molecular formula is C19H19BrN2O3S. The number of benzene rings is 2. The van der Waals surface area contributed by atoms with E-state index >= 15 is 0 Å². The van der Waals surface area contributed by atoms with Crippen LogP contribution in [-0.4, -0.2) is 17.0 Å². The number of rotatable bonds is 7. The monoisotopic (exact) mass is 434 g/mol. The molecule has 1 aromatic heterocycles. The Labute approximate surface area is 163 Å². The molecule has 3 rings (SSSR count). The lowest BCUT2D eigenvalue weighted by Gasteiger charge is -2.10. The number of amides is 1. The van der Waals surface area contributed by atoms with Crippen molar-refractivity contribution >= 4 is 43.5 Å². The standard InChI is InChI=1S/C19H19BrN2O3S/c1-25-16-9-8-14(20)11-13(16)12-21-18(23)7-4-10-22-19(24)15-5-2-3-6-17(15)26-22/h2-3,5-6,8-9,11H,4,7,10,12H2,1H3,(H,21,23). The fourth-order valence-electron chi connectivity index (χ4n) is 2.72. The topological polar surface area (TPSA) is 60.3 Å². The summed E-state index contributed by atoms with van der Waals surface area (Å²) in [5.74, 6) is 0.700. The second-order valence-electron chi connectivity index (χ2n) is 5.83. The Hall–Kier alpha value is -2.12. The van der Waals surface area contributed by atoms with Crippen molar-refractivity contribution in [1.82, 2.24) is 9.27 Å². The van der Waals surface area contributed by atoms with Crippen LogP contribution in [0.15, 0.2) is 51.7 Å². The van der Waals surface area contributed by atoms with Crippen molar-refractivity contribution in [3.05, 3.63) is 62.9 Å². The average Bonchev–Trinajstić information content (AvgIpc) is 2.96. The number of ether oxygens (including phenoxy) is 1. The van der Waals surface area contributed by atoms with Crippen LogP contribution in [0.3, 0.4) is 0 Å². The molecule has 0 saturated heterocycles. The van der Waals surface area contributed by atoms with E-state index in [1.54, 1.807) is 11.1 Å². The van der Waals surface area contributed by atoms with Crippen molar-refractivity contribution in [3.8, 4) is 5.75 Å². The Balaban J connectivity index is 1.52. The summed E-state index contributed by atoms with van der Waals surface area (Å²) < 4.78 is 8.93. The minimum absolute atomic E-state index is 0.0184. The van der Waals surface area contributed by atoms with Crippen molar-refractivity contribution in [3.63, 3.8) is 0 Å². The van der Waals surface area contributed by atoms with Gasteiger partial charge >= 0.3 is 0 Å². The number of nitrogens with zero attached hydrogens (tertiary/aromatic N) is 1. The fourth-order valence-corrected chi connectivity index (χ4v) is 4.16. The Morgan fingerprint density at radius 2 is 2.08 bits per heavy atom. The zero-order valence-corrected chi connectivity index (χ0v) is 16.7. The van der Waals surface area contributed by atoms with E-state index in [1.165, 1.54) is 11.5 Å². The second kappa shape index (κ2) is 8.51. The van der Waals surface area contributed by atoms with Crippen LogP contribution in [0, 0.1) is 0 Å². The van der Waals surface area contributed by atoms with Gasteiger partial charge in [-0.25, -0.2) is 0 Å². The molecule has 5 nitrogen and oxygen atoms in total. The Morgan fingerprint density at radius 3 is 2.85 bits per heavy atom. The van der Waals surface area contributed by atoms with Crippen LogP contribution in [-0.2, 0) is 17.9 Å². The van der Waals surface area contributed by atoms with Gasteiger partial charge in [0.1, 0.15) is 5.75 Å². The molecule has 0 unspecified atom stereocenters. The minimum atomic E-state index is -0.0406. The number of aromatic nitrogens is 1. The van der Waals surface area contributed by atoms with Crippen LogP contribution in [0.1, 0.15) is 18.4 Å². The third-order valence-corrected chi connectivity index (χ3v) is 5.65. The predicted octanol–water partition coefficient (Wildman–Crippen LogP) is 3.93. The number of carbonyl (C=O) groups excluding carboxylic acids is 1. The molecular weight excluding hydrogens is 416 g/mol. The van der Waals surface area contributed by atoms with Gasteiger partial charge in [0.25, 0.3) is 5.56 Å². The molecule has 0 atom stereocenters. The van der Waals surface area contributed by atoms with Crippen LogP contribution in [0.2, 0.25) is 0 Å². The minimum Gasteiger partial charge on any atom is -0.496 e. The lowest BCUT2D eigenvalue weighted by Crippen LogP contribution is -2.23. The normalized spacial score (nSPS) is 10.8. The van der Waals surface area contributed by atoms with Gasteiger partial charge in [0.05, 0.1) is 17.2 Å². The number of hydrogen-bond donors (Lipinski definition) is 1. The van der Waals surface area contributed by atoms with Gasteiger partial charge in [0.2, 0.25) is 5.91 Å². The Kier molecular flexibility index (Phi) is 6.11. The van der Waals surface area contributed by atoms with E-state index < -0.39 is 0 Å². The maximum atomic E-state index is 12.3. The summed E-state index contributed by atoms with van der Waals surface area (Å²) >= 11 is 4.87. The van der Waals surface area contributed by atoms with Crippen molar-refractivity contribution in [2.75, 3.05) is 7.11 Å². The van der Waals surface area contributed by atoms with E-state index in [9.17, 15) is 9.59 Å². The first-order chi connectivity index (χ1) is 12.6. The highest BCUT2D eigenvalue weighted by Crippen LogP contribution is 2.22. The summed E-state index contributed by atoms with van der Waals surface area (Å²) in [6.07, 6.45) is 0.991. The molecule has 0 aliphatic carbocycles. The van der Waals surface area contributed by atoms with Crippen molar-refractivity contribution in [1.29, 1.82) is 0 Å². The molecule has 136 valence electrons. The van der Waals surface area contributed by atoms with Crippen molar-refractivity contribution in [2.45, 2.75) is 25.9 Å². The van der Waals surface area contributed by atoms with E-state index in [0.717, 1.165) is 25.9 Å². The van der Waals surface area contributed by atoms with Gasteiger partial charge in [-0.3, -0.25) is 13.5 Å². The summed E-state index contributed by atoms with van der Waals surface area (Å²) in [5, 5.41) is 3.64. The highest BCUT2D eigenvalue weighted by Gasteiger charge is 2.09. The number of aryl methyl sites for hydroxylation is 1. The number of halogens is 1. The molecule has 0 fully saturated rings. The first-order valence-electron chi connectivity index (χ1n) is 8.26. The highest BCUT2D eigenvalue weighted by molar-refractivity contribution is 9.10. The molecule has 1 heterocycles. The van der Waals surface area contributed by atoms with Gasteiger partial charge in [-0.15, -0.1) is 0 Å². The zero-order valence-electron chi connectivity index (χ0n) is 14.3. The molecule has 1 amide bonds. The lowest BCUT2D eigenvalue weighted by molar-refractivity contribution is -0.121. The summed E-state index contributed by atoms with van der Waals surface area (Å²) in [7, 11) is 1.61. The van der Waals surface area contributed by atoms with E-state index in [4.69, 9.17) is 4.74 Å². The number of methoxy groups -OCH3 is 1. The van der Waals surface area contributed by atoms with Gasteiger partial charge in [-0.1, -0.05) is 39.6 Å². The van der Waals surface area contributed by atoms with Crippen LogP contribution < -0.4 is 15.6 Å². The average molecular weight is 435 g/mol. The Bertz CT molecular complexity index is 980. The fraction of sp³-hybridized carbons (Fsp3) is 0.263. The first-order valence-corrected chi connectivity index (χ1v) is 9.83. The summed E-state index contributed by atoms with van der Waals surface area (Å²) in [6.45, 7) is 0.954. The van der Waals surface area contributed by atoms with Gasteiger partial charge in [0.15, 0.2) is 0 Å². The third kappa shape index (κ3) is 4.34. The molecule has 3 aromatic rings. The first kappa shape index (κ1) is 18.7. The maximum Gasteiger partial charge on any atom is 0.268 e. The molecule has 0 spiro atoms. The summed E-state index contributed by atoms with van der Waals surface area (Å²) in [5.41, 5.74) is 0.931. The van der Waals surface area contributed by atoms with Gasteiger partial charge in [0, 0.05) is 29.5 Å². The molecule has 1 N–H and O–H groups in total.